The minimum atomic E-state index is -3.02. The first-order valence-electron chi connectivity index (χ1n) is 3.71. The number of nitrogens with one attached hydrogen (secondary N) is 1. The van der Waals surface area contributed by atoms with Gasteiger partial charge < -0.3 is 0 Å². The first-order chi connectivity index (χ1) is 4.77. The molecule has 1 N–H and O–H groups in total. The van der Waals surface area contributed by atoms with E-state index in [1.807, 2.05) is 20.8 Å². The molecule has 0 aromatic carbocycles. The van der Waals surface area contributed by atoms with Crippen LogP contribution in [0.1, 0.15) is 27.2 Å². The van der Waals surface area contributed by atoms with Crippen LogP contribution in [-0.2, 0) is 10.0 Å². The number of rotatable bonds is 4. The van der Waals surface area contributed by atoms with Crippen molar-refractivity contribution in [2.24, 2.45) is 5.41 Å². The molecule has 11 heavy (non-hydrogen) atoms. The zero-order chi connectivity index (χ0) is 9.12. The molecule has 0 rings (SSSR count). The lowest BCUT2D eigenvalue weighted by molar-refractivity contribution is 0.350. The smallest absolute Gasteiger partial charge is 0.208 e. The second kappa shape index (κ2) is 3.54. The summed E-state index contributed by atoms with van der Waals surface area (Å²) in [5.41, 5.74) is 0.0586. The fourth-order valence-corrected chi connectivity index (χ4v) is 1.10. The van der Waals surface area contributed by atoms with Gasteiger partial charge >= 0.3 is 0 Å². The van der Waals surface area contributed by atoms with Crippen molar-refractivity contribution in [1.29, 1.82) is 0 Å². The maximum absolute atomic E-state index is 10.7. The van der Waals surface area contributed by atoms with Crippen molar-refractivity contribution in [1.82, 2.24) is 4.72 Å². The topological polar surface area (TPSA) is 46.2 Å². The predicted octanol–water partition coefficient (Wildman–Crippen LogP) is 0.972. The number of sulfonamides is 1. The van der Waals surface area contributed by atoms with Gasteiger partial charge in [0.25, 0.3) is 0 Å². The van der Waals surface area contributed by atoms with Gasteiger partial charge in [0.2, 0.25) is 10.0 Å². The Balaban J connectivity index is 3.90. The van der Waals surface area contributed by atoms with Gasteiger partial charge in [-0.15, -0.1) is 0 Å². The minimum Gasteiger partial charge on any atom is -0.215 e. The Morgan fingerprint density at radius 2 is 1.82 bits per heavy atom. The second-order valence-corrected chi connectivity index (χ2v) is 5.44. The Hall–Kier alpha value is -0.0900. The molecule has 4 heteroatoms. The Labute approximate surface area is 69.2 Å². The van der Waals surface area contributed by atoms with Crippen LogP contribution in [0, 0.1) is 5.41 Å². The van der Waals surface area contributed by atoms with E-state index in [4.69, 9.17) is 0 Å². The Bertz CT molecular complexity index is 206. The zero-order valence-electron chi connectivity index (χ0n) is 7.64. The third-order valence-electron chi connectivity index (χ3n) is 1.77. The fraction of sp³-hybridized carbons (Fsp3) is 1.00. The van der Waals surface area contributed by atoms with Crippen LogP contribution in [0.15, 0.2) is 0 Å². The van der Waals surface area contributed by atoms with Crippen molar-refractivity contribution in [3.8, 4) is 0 Å². The highest BCUT2D eigenvalue weighted by molar-refractivity contribution is 7.88. The molecule has 0 aliphatic rings. The molecule has 0 saturated heterocycles. The highest BCUT2D eigenvalue weighted by atomic mass is 32.2. The van der Waals surface area contributed by atoms with Crippen molar-refractivity contribution < 1.29 is 8.42 Å². The van der Waals surface area contributed by atoms with E-state index in [1.165, 1.54) is 6.26 Å². The van der Waals surface area contributed by atoms with E-state index in [0.717, 1.165) is 6.42 Å². The Morgan fingerprint density at radius 3 is 2.09 bits per heavy atom. The summed E-state index contributed by atoms with van der Waals surface area (Å²) in [7, 11) is -3.02. The summed E-state index contributed by atoms with van der Waals surface area (Å²) >= 11 is 0. The summed E-state index contributed by atoms with van der Waals surface area (Å²) in [4.78, 5) is 0. The lowest BCUT2D eigenvalue weighted by atomic mass is 9.91. The molecule has 0 amide bonds. The van der Waals surface area contributed by atoms with Gasteiger partial charge in [-0.1, -0.05) is 20.8 Å². The molecule has 0 aromatic rings. The van der Waals surface area contributed by atoms with Crippen LogP contribution in [0.2, 0.25) is 0 Å². The average Bonchev–Trinajstić information content (AvgIpc) is 1.83. The molecule has 0 bridgehead atoms. The monoisotopic (exact) mass is 179 g/mol. The van der Waals surface area contributed by atoms with Crippen molar-refractivity contribution in [2.45, 2.75) is 27.2 Å². The normalized spacial score (nSPS) is 13.5. The first-order valence-corrected chi connectivity index (χ1v) is 5.60. The molecule has 0 atom stereocenters. The molecule has 0 aromatic heterocycles. The lowest BCUT2D eigenvalue weighted by Crippen LogP contribution is -2.32. The molecular formula is C7H17NO2S. The molecule has 0 heterocycles. The van der Waals surface area contributed by atoms with E-state index in [1.54, 1.807) is 0 Å². The highest BCUT2D eigenvalue weighted by Gasteiger charge is 2.16. The third-order valence-corrected chi connectivity index (χ3v) is 2.44. The Kier molecular flexibility index (Phi) is 3.51. The lowest BCUT2D eigenvalue weighted by Gasteiger charge is -2.21. The van der Waals surface area contributed by atoms with E-state index >= 15 is 0 Å². The molecule has 3 nitrogen and oxygen atoms in total. The molecule has 0 aliphatic heterocycles. The standard InChI is InChI=1S/C7H17NO2S/c1-5-7(2,3)6-8-11(4,9)10/h8H,5-6H2,1-4H3. The SMILES string of the molecule is CCC(C)(C)CNS(C)(=O)=O. The molecule has 68 valence electrons. The van der Waals surface area contributed by atoms with Crippen molar-refractivity contribution in [2.75, 3.05) is 12.8 Å². The second-order valence-electron chi connectivity index (χ2n) is 3.61. The third kappa shape index (κ3) is 6.31. The maximum Gasteiger partial charge on any atom is 0.208 e. The average molecular weight is 179 g/mol. The van der Waals surface area contributed by atoms with Crippen molar-refractivity contribution in [3.05, 3.63) is 0 Å². The van der Waals surface area contributed by atoms with Gasteiger partial charge in [-0.3, -0.25) is 0 Å². The molecule has 0 unspecified atom stereocenters. The molecule has 0 aliphatic carbocycles. The highest BCUT2D eigenvalue weighted by Crippen LogP contribution is 2.17. The number of hydrogen-bond donors (Lipinski definition) is 1. The summed E-state index contributed by atoms with van der Waals surface area (Å²) in [5, 5.41) is 0. The summed E-state index contributed by atoms with van der Waals surface area (Å²) < 4.78 is 23.9. The van der Waals surface area contributed by atoms with E-state index in [2.05, 4.69) is 4.72 Å². The van der Waals surface area contributed by atoms with Gasteiger partial charge in [-0.2, -0.15) is 0 Å². The summed E-state index contributed by atoms with van der Waals surface area (Å²) in [6.07, 6.45) is 2.15. The number of hydrogen-bond acceptors (Lipinski definition) is 2. The van der Waals surface area contributed by atoms with Gasteiger partial charge in [0.05, 0.1) is 6.26 Å². The molecule has 0 saturated carbocycles. The quantitative estimate of drug-likeness (QED) is 0.699. The van der Waals surface area contributed by atoms with Crippen LogP contribution in [0.3, 0.4) is 0 Å². The van der Waals surface area contributed by atoms with E-state index < -0.39 is 10.0 Å². The van der Waals surface area contributed by atoms with Crippen LogP contribution in [0.5, 0.6) is 0 Å². The van der Waals surface area contributed by atoms with Crippen LogP contribution in [0.25, 0.3) is 0 Å². The van der Waals surface area contributed by atoms with Gasteiger partial charge in [-0.05, 0) is 11.8 Å². The van der Waals surface area contributed by atoms with Crippen LogP contribution >= 0.6 is 0 Å². The van der Waals surface area contributed by atoms with Crippen LogP contribution in [0.4, 0.5) is 0 Å². The first kappa shape index (κ1) is 10.9. The zero-order valence-corrected chi connectivity index (χ0v) is 8.46. The van der Waals surface area contributed by atoms with E-state index in [0.29, 0.717) is 6.54 Å². The predicted molar refractivity (Wildman–Crippen MR) is 46.9 cm³/mol. The van der Waals surface area contributed by atoms with Crippen molar-refractivity contribution in [3.63, 3.8) is 0 Å². The van der Waals surface area contributed by atoms with Crippen LogP contribution < -0.4 is 4.72 Å². The van der Waals surface area contributed by atoms with Gasteiger partial charge in [0.1, 0.15) is 0 Å². The molecule has 0 fully saturated rings. The minimum absolute atomic E-state index is 0.0586. The van der Waals surface area contributed by atoms with E-state index in [-0.39, 0.29) is 5.41 Å². The van der Waals surface area contributed by atoms with E-state index in [9.17, 15) is 8.42 Å². The maximum atomic E-state index is 10.7. The van der Waals surface area contributed by atoms with Crippen LogP contribution in [-0.4, -0.2) is 21.2 Å². The fourth-order valence-electron chi connectivity index (χ4n) is 0.451. The van der Waals surface area contributed by atoms with Gasteiger partial charge in [0.15, 0.2) is 0 Å². The van der Waals surface area contributed by atoms with Gasteiger partial charge in [0, 0.05) is 6.54 Å². The largest absolute Gasteiger partial charge is 0.215 e. The molecule has 0 spiro atoms. The van der Waals surface area contributed by atoms with Crippen molar-refractivity contribution >= 4 is 10.0 Å². The summed E-state index contributed by atoms with van der Waals surface area (Å²) in [5.74, 6) is 0. The molecule has 0 radical (unpaired) electrons. The summed E-state index contributed by atoms with van der Waals surface area (Å²) in [6.45, 7) is 6.63. The van der Waals surface area contributed by atoms with Gasteiger partial charge in [-0.25, -0.2) is 13.1 Å². The summed E-state index contributed by atoms with van der Waals surface area (Å²) in [6, 6.07) is 0. The Morgan fingerprint density at radius 1 is 1.36 bits per heavy atom. The molecular weight excluding hydrogens is 162 g/mol.